The van der Waals surface area contributed by atoms with E-state index < -0.39 is 6.10 Å². The van der Waals surface area contributed by atoms with Gasteiger partial charge in [0.2, 0.25) is 5.16 Å². The molecule has 1 atom stereocenters. The van der Waals surface area contributed by atoms with E-state index in [1.54, 1.807) is 13.1 Å². The van der Waals surface area contributed by atoms with Crippen LogP contribution in [0, 0.1) is 0 Å². The van der Waals surface area contributed by atoms with Gasteiger partial charge < -0.3 is 5.11 Å². The molecule has 5 nitrogen and oxygen atoms in total. The summed E-state index contributed by atoms with van der Waals surface area (Å²) < 4.78 is 1.89. The average Bonchev–Trinajstić information content (AvgIpc) is 2.83. The lowest BCUT2D eigenvalue weighted by molar-refractivity contribution is 0.195. The van der Waals surface area contributed by atoms with Crippen LogP contribution in [0.4, 0.5) is 0 Å². The molecule has 0 radical (unpaired) electrons. The number of aliphatic hydroxyl groups is 1. The van der Waals surface area contributed by atoms with Gasteiger partial charge in [-0.25, -0.2) is 4.98 Å². The number of hydrogen-bond donors (Lipinski definition) is 1. The van der Waals surface area contributed by atoms with E-state index in [-0.39, 0.29) is 0 Å². The summed E-state index contributed by atoms with van der Waals surface area (Å²) in [4.78, 5) is 4.30. The number of aromatic nitrogens is 4. The Balaban J connectivity index is 2.02. The maximum absolute atomic E-state index is 9.75. The Morgan fingerprint density at radius 3 is 2.95 bits per heavy atom. The number of aliphatic hydroxyl groups excluding tert-OH is 1. The highest BCUT2D eigenvalue weighted by atomic mass is 32.2. The van der Waals surface area contributed by atoms with Gasteiger partial charge in [-0.15, -0.1) is 10.2 Å². The molecule has 6 heteroatoms. The Morgan fingerprint density at radius 2 is 2.11 bits per heavy atom. The van der Waals surface area contributed by atoms with Gasteiger partial charge in [0.25, 0.3) is 0 Å². The molecule has 0 aliphatic carbocycles. The van der Waals surface area contributed by atoms with Gasteiger partial charge in [-0.3, -0.25) is 4.40 Å². The molecule has 0 fully saturated rings. The van der Waals surface area contributed by atoms with Crippen molar-refractivity contribution in [2.75, 3.05) is 0 Å². The van der Waals surface area contributed by atoms with Crippen molar-refractivity contribution < 1.29 is 5.11 Å². The molecule has 3 heterocycles. The number of nitrogens with zero attached hydrogens (tertiary/aromatic N) is 4. The van der Waals surface area contributed by atoms with Crippen molar-refractivity contribution in [2.24, 2.45) is 0 Å². The summed E-state index contributed by atoms with van der Waals surface area (Å²) in [6.45, 7) is 1.73. The summed E-state index contributed by atoms with van der Waals surface area (Å²) in [6, 6.07) is 9.41. The Bertz CT molecular complexity index is 710. The molecule has 0 aliphatic heterocycles. The summed E-state index contributed by atoms with van der Waals surface area (Å²) >= 11 is 1.40. The van der Waals surface area contributed by atoms with Crippen molar-refractivity contribution in [1.29, 1.82) is 0 Å². The minimum Gasteiger partial charge on any atom is -0.389 e. The van der Waals surface area contributed by atoms with Gasteiger partial charge >= 0.3 is 0 Å². The molecule has 96 valence electrons. The topological polar surface area (TPSA) is 63.3 Å². The zero-order valence-electron chi connectivity index (χ0n) is 10.3. The minimum atomic E-state index is -0.560. The van der Waals surface area contributed by atoms with E-state index in [4.69, 9.17) is 0 Å². The molecule has 3 aromatic heterocycles. The first-order valence-electron chi connectivity index (χ1n) is 5.86. The van der Waals surface area contributed by atoms with Gasteiger partial charge in [-0.05, 0) is 36.9 Å². The van der Waals surface area contributed by atoms with Crippen molar-refractivity contribution in [3.05, 3.63) is 48.3 Å². The molecular weight excluding hydrogens is 260 g/mol. The normalized spacial score (nSPS) is 12.7. The predicted octanol–water partition coefficient (Wildman–Crippen LogP) is 2.33. The third-order valence-electron chi connectivity index (χ3n) is 2.72. The maximum Gasteiger partial charge on any atom is 0.201 e. The third-order valence-corrected chi connectivity index (χ3v) is 3.72. The first kappa shape index (κ1) is 12.1. The lowest BCUT2D eigenvalue weighted by atomic mass is 10.2. The Hall–Kier alpha value is -1.92. The maximum atomic E-state index is 9.75. The smallest absolute Gasteiger partial charge is 0.201 e. The molecule has 0 amide bonds. The second-order valence-electron chi connectivity index (χ2n) is 4.09. The Kier molecular flexibility index (Phi) is 3.18. The van der Waals surface area contributed by atoms with E-state index >= 15 is 0 Å². The molecule has 0 saturated carbocycles. The van der Waals surface area contributed by atoms with Crippen LogP contribution in [0.25, 0.3) is 5.65 Å². The molecule has 1 N–H and O–H groups in total. The zero-order valence-corrected chi connectivity index (χ0v) is 11.1. The standard InChI is InChI=1S/C13H12N4OS/c1-9(18)10-5-4-7-14-12(10)19-13-16-15-11-6-2-3-8-17(11)13/h2-9,18H,1H3/t9-/m0/s1. The van der Waals surface area contributed by atoms with Crippen LogP contribution in [0.5, 0.6) is 0 Å². The van der Waals surface area contributed by atoms with Crippen LogP contribution in [0.15, 0.2) is 52.9 Å². The fourth-order valence-corrected chi connectivity index (χ4v) is 2.76. The average molecular weight is 272 g/mol. The Morgan fingerprint density at radius 1 is 1.21 bits per heavy atom. The first-order valence-corrected chi connectivity index (χ1v) is 6.68. The molecule has 3 rings (SSSR count). The van der Waals surface area contributed by atoms with Crippen LogP contribution < -0.4 is 0 Å². The van der Waals surface area contributed by atoms with Crippen molar-refractivity contribution in [3.63, 3.8) is 0 Å². The zero-order chi connectivity index (χ0) is 13.2. The fourth-order valence-electron chi connectivity index (χ4n) is 1.78. The molecule has 0 spiro atoms. The van der Waals surface area contributed by atoms with Crippen LogP contribution in [0.2, 0.25) is 0 Å². The van der Waals surface area contributed by atoms with Gasteiger partial charge in [-0.2, -0.15) is 0 Å². The quantitative estimate of drug-likeness (QED) is 0.792. The third kappa shape index (κ3) is 2.32. The van der Waals surface area contributed by atoms with E-state index in [0.29, 0.717) is 0 Å². The molecule has 0 unspecified atom stereocenters. The Labute approximate surface area is 114 Å². The molecule has 19 heavy (non-hydrogen) atoms. The molecule has 0 saturated heterocycles. The van der Waals surface area contributed by atoms with E-state index in [1.807, 2.05) is 40.9 Å². The van der Waals surface area contributed by atoms with Crippen LogP contribution in [0.3, 0.4) is 0 Å². The summed E-state index contributed by atoms with van der Waals surface area (Å²) in [7, 11) is 0. The number of fused-ring (bicyclic) bond motifs is 1. The predicted molar refractivity (Wildman–Crippen MR) is 72.0 cm³/mol. The first-order chi connectivity index (χ1) is 9.25. The molecule has 3 aromatic rings. The number of rotatable bonds is 3. The number of hydrogen-bond acceptors (Lipinski definition) is 5. The molecule has 0 aliphatic rings. The van der Waals surface area contributed by atoms with Gasteiger partial charge in [-0.1, -0.05) is 12.1 Å². The highest BCUT2D eigenvalue weighted by Crippen LogP contribution is 2.30. The summed E-state index contributed by atoms with van der Waals surface area (Å²) in [5, 5.41) is 19.5. The van der Waals surface area contributed by atoms with E-state index in [9.17, 15) is 5.11 Å². The summed E-state index contributed by atoms with van der Waals surface area (Å²) in [6.07, 6.45) is 3.05. The second kappa shape index (κ2) is 4.99. The van der Waals surface area contributed by atoms with Crippen LogP contribution in [0.1, 0.15) is 18.6 Å². The van der Waals surface area contributed by atoms with Crippen molar-refractivity contribution >= 4 is 17.4 Å². The molecule has 0 bridgehead atoms. The van der Waals surface area contributed by atoms with E-state index in [0.717, 1.165) is 21.4 Å². The highest BCUT2D eigenvalue weighted by Gasteiger charge is 2.13. The van der Waals surface area contributed by atoms with Crippen molar-refractivity contribution in [2.45, 2.75) is 23.2 Å². The second-order valence-corrected chi connectivity index (χ2v) is 5.04. The fraction of sp³-hybridized carbons (Fsp3) is 0.154. The highest BCUT2D eigenvalue weighted by molar-refractivity contribution is 7.99. The van der Waals surface area contributed by atoms with Gasteiger partial charge in [0.1, 0.15) is 5.03 Å². The van der Waals surface area contributed by atoms with Gasteiger partial charge in [0.05, 0.1) is 6.10 Å². The van der Waals surface area contributed by atoms with Crippen LogP contribution in [-0.4, -0.2) is 24.7 Å². The van der Waals surface area contributed by atoms with Crippen LogP contribution in [-0.2, 0) is 0 Å². The van der Waals surface area contributed by atoms with Crippen molar-refractivity contribution in [1.82, 2.24) is 19.6 Å². The molecular formula is C13H12N4OS. The number of pyridine rings is 2. The minimum absolute atomic E-state index is 0.560. The summed E-state index contributed by atoms with van der Waals surface area (Å²) in [5.74, 6) is 0. The monoisotopic (exact) mass is 272 g/mol. The lowest BCUT2D eigenvalue weighted by Gasteiger charge is -2.08. The van der Waals surface area contributed by atoms with Crippen molar-refractivity contribution in [3.8, 4) is 0 Å². The SMILES string of the molecule is C[C@H](O)c1cccnc1Sc1nnc2ccccn12. The van der Waals surface area contributed by atoms with E-state index in [2.05, 4.69) is 15.2 Å². The summed E-state index contributed by atoms with van der Waals surface area (Å²) in [5.41, 5.74) is 1.58. The van der Waals surface area contributed by atoms with Gasteiger partial charge in [0, 0.05) is 18.0 Å². The van der Waals surface area contributed by atoms with Gasteiger partial charge in [0.15, 0.2) is 5.65 Å². The lowest BCUT2D eigenvalue weighted by Crippen LogP contribution is -1.97. The van der Waals surface area contributed by atoms with E-state index in [1.165, 1.54) is 11.8 Å². The largest absolute Gasteiger partial charge is 0.389 e. The van der Waals surface area contributed by atoms with Crippen LogP contribution >= 0.6 is 11.8 Å². The molecule has 0 aromatic carbocycles.